The first-order chi connectivity index (χ1) is 17.9. The van der Waals surface area contributed by atoms with Gasteiger partial charge in [-0.25, -0.2) is 14.8 Å². The number of thioether (sulfide) groups is 1. The number of aromatic nitrogens is 2. The molecule has 0 atom stereocenters. The average Bonchev–Trinajstić information content (AvgIpc) is 2.92. The van der Waals surface area contributed by atoms with Crippen LogP contribution in [0.1, 0.15) is 37.5 Å². The number of hydrogen-bond donors (Lipinski definition) is 1. The van der Waals surface area contributed by atoms with E-state index in [1.165, 1.54) is 24.4 Å². The molecule has 0 saturated carbocycles. The largest absolute Gasteiger partial charge is 0.465 e. The molecule has 4 aromatic rings. The Bertz CT molecular complexity index is 1400. The minimum Gasteiger partial charge on any atom is -0.465 e. The second-order valence-corrected chi connectivity index (χ2v) is 9.45. The average molecular weight is 513 g/mol. The standard InChI is InChI=1S/C29H28N4O3S/c1-20-15-26(33(2)18-21-9-5-4-6-10-21)32-29(30-20)37-19-22-11-7-12-23(16-22)27(34)31-25-14-8-13-24(17-25)28(35)36-3/h4-17H,18-19H2,1-3H3,(H,31,34). The number of hydrogen-bond acceptors (Lipinski definition) is 7. The van der Waals surface area contributed by atoms with E-state index < -0.39 is 5.97 Å². The smallest absolute Gasteiger partial charge is 0.337 e. The van der Waals surface area contributed by atoms with Crippen molar-refractivity contribution in [3.05, 3.63) is 113 Å². The topological polar surface area (TPSA) is 84.4 Å². The molecule has 37 heavy (non-hydrogen) atoms. The lowest BCUT2D eigenvalue weighted by Crippen LogP contribution is -2.18. The van der Waals surface area contributed by atoms with Crippen LogP contribution in [0.3, 0.4) is 0 Å². The summed E-state index contributed by atoms with van der Waals surface area (Å²) in [7, 11) is 3.34. The highest BCUT2D eigenvalue weighted by molar-refractivity contribution is 7.98. The van der Waals surface area contributed by atoms with Crippen LogP contribution in [-0.2, 0) is 17.0 Å². The van der Waals surface area contributed by atoms with E-state index in [1.54, 1.807) is 30.3 Å². The fraction of sp³-hybridized carbons (Fsp3) is 0.172. The quantitative estimate of drug-likeness (QED) is 0.174. The highest BCUT2D eigenvalue weighted by Gasteiger charge is 2.12. The van der Waals surface area contributed by atoms with Gasteiger partial charge in [0.15, 0.2) is 5.16 Å². The van der Waals surface area contributed by atoms with Gasteiger partial charge in [0.25, 0.3) is 5.91 Å². The van der Waals surface area contributed by atoms with Crippen LogP contribution >= 0.6 is 11.8 Å². The zero-order valence-electron chi connectivity index (χ0n) is 21.0. The van der Waals surface area contributed by atoms with Gasteiger partial charge < -0.3 is 15.0 Å². The summed E-state index contributed by atoms with van der Waals surface area (Å²) in [5, 5.41) is 3.53. The van der Waals surface area contributed by atoms with Crippen LogP contribution in [0.15, 0.2) is 90.1 Å². The summed E-state index contributed by atoms with van der Waals surface area (Å²) in [5.41, 5.74) is 4.50. The molecule has 8 heteroatoms. The van der Waals surface area contributed by atoms with Crippen molar-refractivity contribution >= 4 is 35.1 Å². The Morgan fingerprint density at radius 3 is 2.41 bits per heavy atom. The summed E-state index contributed by atoms with van der Waals surface area (Å²) in [6.07, 6.45) is 0. The first-order valence-corrected chi connectivity index (χ1v) is 12.7. The molecule has 0 saturated heterocycles. The molecule has 7 nitrogen and oxygen atoms in total. The third-order valence-electron chi connectivity index (χ3n) is 5.57. The van der Waals surface area contributed by atoms with Gasteiger partial charge in [0.1, 0.15) is 5.82 Å². The number of carbonyl (C=O) groups excluding carboxylic acids is 2. The lowest BCUT2D eigenvalue weighted by atomic mass is 10.1. The number of nitrogens with zero attached hydrogens (tertiary/aromatic N) is 3. The lowest BCUT2D eigenvalue weighted by molar-refractivity contribution is 0.0600. The monoisotopic (exact) mass is 512 g/mol. The van der Waals surface area contributed by atoms with Crippen LogP contribution in [0.25, 0.3) is 0 Å². The van der Waals surface area contributed by atoms with Gasteiger partial charge in [-0.15, -0.1) is 0 Å². The Kier molecular flexibility index (Phi) is 8.53. The maximum atomic E-state index is 12.8. The van der Waals surface area contributed by atoms with Crippen LogP contribution in [0.2, 0.25) is 0 Å². The molecule has 4 rings (SSSR count). The maximum Gasteiger partial charge on any atom is 0.337 e. The van der Waals surface area contributed by atoms with Crippen molar-refractivity contribution in [3.8, 4) is 0 Å². The summed E-state index contributed by atoms with van der Waals surface area (Å²) in [5.74, 6) is 0.763. The SMILES string of the molecule is COC(=O)c1cccc(NC(=O)c2cccc(CSc3nc(C)cc(N(C)Cc4ccccc4)n3)c2)c1. The van der Waals surface area contributed by atoms with Crippen molar-refractivity contribution in [2.45, 2.75) is 24.4 Å². The normalized spacial score (nSPS) is 10.6. The predicted octanol–water partition coefficient (Wildman–Crippen LogP) is 5.75. The fourth-order valence-electron chi connectivity index (χ4n) is 3.72. The maximum absolute atomic E-state index is 12.8. The summed E-state index contributed by atoms with van der Waals surface area (Å²) < 4.78 is 4.75. The number of methoxy groups -OCH3 is 1. The Labute approximate surface area is 220 Å². The fourth-order valence-corrected chi connectivity index (χ4v) is 4.56. The summed E-state index contributed by atoms with van der Waals surface area (Å²) in [4.78, 5) is 36.1. The van der Waals surface area contributed by atoms with Crippen LogP contribution in [-0.4, -0.2) is 36.0 Å². The molecule has 0 bridgehead atoms. The Morgan fingerprint density at radius 1 is 0.892 bits per heavy atom. The van der Waals surface area contributed by atoms with Crippen LogP contribution in [0, 0.1) is 6.92 Å². The molecule has 0 aliphatic rings. The van der Waals surface area contributed by atoms with Crippen LogP contribution in [0.5, 0.6) is 0 Å². The number of amides is 1. The van der Waals surface area contributed by atoms with Gasteiger partial charge in [-0.1, -0.05) is 60.3 Å². The van der Waals surface area contributed by atoms with Gasteiger partial charge in [-0.05, 0) is 48.4 Å². The molecule has 3 aromatic carbocycles. The molecule has 1 amide bonds. The molecular formula is C29H28N4O3S. The second kappa shape index (κ2) is 12.2. The van der Waals surface area contributed by atoms with E-state index in [-0.39, 0.29) is 5.91 Å². The van der Waals surface area contributed by atoms with Crippen molar-refractivity contribution in [2.24, 2.45) is 0 Å². The van der Waals surface area contributed by atoms with Crippen LogP contribution in [0.4, 0.5) is 11.5 Å². The van der Waals surface area contributed by atoms with E-state index in [4.69, 9.17) is 9.72 Å². The number of benzene rings is 3. The second-order valence-electron chi connectivity index (χ2n) is 8.51. The van der Waals surface area contributed by atoms with Crippen LogP contribution < -0.4 is 10.2 Å². The molecule has 1 heterocycles. The van der Waals surface area contributed by atoms with Crippen molar-refractivity contribution in [3.63, 3.8) is 0 Å². The lowest BCUT2D eigenvalue weighted by Gasteiger charge is -2.19. The summed E-state index contributed by atoms with van der Waals surface area (Å²) in [6.45, 7) is 2.72. The first kappa shape index (κ1) is 25.9. The number of rotatable bonds is 9. The molecule has 0 fully saturated rings. The van der Waals surface area contributed by atoms with E-state index in [2.05, 4.69) is 27.3 Å². The number of esters is 1. The Hall–Kier alpha value is -4.17. The zero-order chi connectivity index (χ0) is 26.2. The van der Waals surface area contributed by atoms with Crippen molar-refractivity contribution < 1.29 is 14.3 Å². The third-order valence-corrected chi connectivity index (χ3v) is 6.49. The number of anilines is 2. The number of ether oxygens (including phenoxy) is 1. The van der Waals surface area contributed by atoms with Gasteiger partial charge >= 0.3 is 5.97 Å². The first-order valence-electron chi connectivity index (χ1n) is 11.7. The van der Waals surface area contributed by atoms with E-state index in [0.29, 0.717) is 27.7 Å². The Balaban J connectivity index is 1.41. The highest BCUT2D eigenvalue weighted by atomic mass is 32.2. The zero-order valence-corrected chi connectivity index (χ0v) is 21.8. The number of aryl methyl sites for hydroxylation is 1. The molecule has 0 spiro atoms. The molecular weight excluding hydrogens is 484 g/mol. The van der Waals surface area contributed by atoms with Gasteiger partial charge in [-0.2, -0.15) is 0 Å². The minimum atomic E-state index is -0.456. The Morgan fingerprint density at radius 2 is 1.62 bits per heavy atom. The van der Waals surface area contributed by atoms with Crippen molar-refractivity contribution in [1.29, 1.82) is 0 Å². The molecule has 1 N–H and O–H groups in total. The molecule has 0 radical (unpaired) electrons. The van der Waals surface area contributed by atoms with E-state index in [0.717, 1.165) is 23.6 Å². The molecule has 0 aliphatic heterocycles. The number of nitrogens with one attached hydrogen (secondary N) is 1. The van der Waals surface area contributed by atoms with E-state index in [1.807, 2.05) is 56.4 Å². The summed E-state index contributed by atoms with van der Waals surface area (Å²) in [6, 6.07) is 26.3. The van der Waals surface area contributed by atoms with Crippen molar-refractivity contribution in [2.75, 3.05) is 24.4 Å². The number of carbonyl (C=O) groups is 2. The van der Waals surface area contributed by atoms with Gasteiger partial charge in [0.2, 0.25) is 0 Å². The van der Waals surface area contributed by atoms with E-state index >= 15 is 0 Å². The third kappa shape index (κ3) is 7.17. The molecule has 0 unspecified atom stereocenters. The van der Waals surface area contributed by atoms with Gasteiger partial charge in [0, 0.05) is 42.4 Å². The summed E-state index contributed by atoms with van der Waals surface area (Å²) >= 11 is 1.53. The van der Waals surface area contributed by atoms with E-state index in [9.17, 15) is 9.59 Å². The molecule has 1 aromatic heterocycles. The minimum absolute atomic E-state index is 0.259. The highest BCUT2D eigenvalue weighted by Crippen LogP contribution is 2.24. The molecule has 188 valence electrons. The predicted molar refractivity (Wildman–Crippen MR) is 147 cm³/mol. The van der Waals surface area contributed by atoms with Gasteiger partial charge in [-0.3, -0.25) is 4.79 Å². The van der Waals surface area contributed by atoms with Gasteiger partial charge in [0.05, 0.1) is 12.7 Å². The molecule has 0 aliphatic carbocycles. The van der Waals surface area contributed by atoms with Crippen molar-refractivity contribution in [1.82, 2.24) is 9.97 Å².